The van der Waals surface area contributed by atoms with Crippen LogP contribution in [-0.2, 0) is 29.1 Å². The quantitative estimate of drug-likeness (QED) is 0.227. The Morgan fingerprint density at radius 3 is 0.839 bits per heavy atom. The Morgan fingerprint density at radius 1 is 0.452 bits per heavy atom. The molecule has 0 radical (unpaired) electrons. The van der Waals surface area contributed by atoms with Gasteiger partial charge >= 0.3 is 7.32 Å². The van der Waals surface area contributed by atoms with Gasteiger partial charge in [-0.25, -0.2) is 29.1 Å². The maximum Gasteiger partial charge on any atom is 0.725 e. The minimum atomic E-state index is -2.50. The summed E-state index contributed by atoms with van der Waals surface area (Å²) in [5.41, 5.74) is -7.49. The van der Waals surface area contributed by atoms with E-state index < -0.39 is 43.4 Å². The molecule has 0 N–H and O–H groups in total. The maximum atomic E-state index is 9.01. The third-order valence-corrected chi connectivity index (χ3v) is 2.87. The van der Waals surface area contributed by atoms with Crippen LogP contribution in [0.2, 0.25) is 0 Å². The largest absolute Gasteiger partial charge is 0.725 e. The molecule has 0 aromatic carbocycles. The lowest BCUT2D eigenvalue weighted by atomic mass is 10.1. The standard InChI is InChI=1S/C15H6BN9O6/c17-4-1-13(7-20,8-21)26-29-16(30-27-14(9-22,10-23)2-5-18)31-28-15(11-24,12-25)3-6-19/h1-3H2. The fraction of sp³-hybridized carbons (Fsp3) is 0.400. The van der Waals surface area contributed by atoms with Crippen molar-refractivity contribution < 1.29 is 29.1 Å². The van der Waals surface area contributed by atoms with Crippen LogP contribution < -0.4 is 0 Å². The van der Waals surface area contributed by atoms with Crippen molar-refractivity contribution in [1.29, 1.82) is 47.4 Å². The van der Waals surface area contributed by atoms with Crippen LogP contribution in [0, 0.1) is 102 Å². The summed E-state index contributed by atoms with van der Waals surface area (Å²) in [6, 6.07) is 12.4. The number of hydrogen-bond donors (Lipinski definition) is 0. The predicted octanol–water partition coefficient (Wildman–Crippen LogP) is -0.0852. The summed E-state index contributed by atoms with van der Waals surface area (Å²) in [5.74, 6) is 0. The summed E-state index contributed by atoms with van der Waals surface area (Å²) in [6.45, 7) is 0. The molecule has 16 heteroatoms. The molecule has 0 saturated carbocycles. The molecule has 0 aromatic rings. The van der Waals surface area contributed by atoms with Gasteiger partial charge in [-0.1, -0.05) is 0 Å². The van der Waals surface area contributed by atoms with Gasteiger partial charge in [-0.3, -0.25) is 0 Å². The van der Waals surface area contributed by atoms with Crippen molar-refractivity contribution in [2.45, 2.75) is 36.1 Å². The van der Waals surface area contributed by atoms with Gasteiger partial charge in [0, 0.05) is 0 Å². The Labute approximate surface area is 175 Å². The van der Waals surface area contributed by atoms with Crippen LogP contribution in [0.25, 0.3) is 0 Å². The molecule has 0 aliphatic rings. The van der Waals surface area contributed by atoms with E-state index in [0.29, 0.717) is 0 Å². The molecule has 0 heterocycles. The molecule has 31 heavy (non-hydrogen) atoms. The highest BCUT2D eigenvalue weighted by molar-refractivity contribution is 6.35. The summed E-state index contributed by atoms with van der Waals surface area (Å²) in [5, 5.41) is 80.2. The topological polar surface area (TPSA) is 269 Å². The zero-order valence-electron chi connectivity index (χ0n) is 15.2. The van der Waals surface area contributed by atoms with Crippen molar-refractivity contribution in [3.05, 3.63) is 0 Å². The molecule has 0 saturated heterocycles. The van der Waals surface area contributed by atoms with Crippen molar-refractivity contribution in [3.63, 3.8) is 0 Å². The van der Waals surface area contributed by atoms with Gasteiger partial charge in [-0.05, 0) is 0 Å². The van der Waals surface area contributed by atoms with E-state index in [4.69, 9.17) is 47.4 Å². The summed E-state index contributed by atoms with van der Waals surface area (Å²) >= 11 is 0. The number of nitrogens with zero attached hydrogens (tertiary/aromatic N) is 9. The average Bonchev–Trinajstić information content (AvgIpc) is 2.81. The molecule has 0 aliphatic heterocycles. The Balaban J connectivity index is 5.67. The van der Waals surface area contributed by atoms with Gasteiger partial charge in [-0.15, -0.1) is 0 Å². The van der Waals surface area contributed by atoms with Gasteiger partial charge in [0.05, 0.1) is 37.5 Å². The smallest absolute Gasteiger partial charge is 0.227 e. The lowest BCUT2D eigenvalue weighted by Gasteiger charge is -2.21. The van der Waals surface area contributed by atoms with Gasteiger partial charge in [0.2, 0.25) is 0 Å². The van der Waals surface area contributed by atoms with Crippen LogP contribution in [0.4, 0.5) is 0 Å². The third-order valence-electron chi connectivity index (χ3n) is 2.87. The Hall–Kier alpha value is -4.77. The first-order valence-electron chi connectivity index (χ1n) is 7.45. The Morgan fingerprint density at radius 2 is 0.677 bits per heavy atom. The molecular formula is C15H6BN9O6. The average molecular weight is 419 g/mol. The molecule has 0 aromatic heterocycles. The molecule has 0 atom stereocenters. The van der Waals surface area contributed by atoms with Crippen LogP contribution in [-0.4, -0.2) is 24.1 Å². The highest BCUT2D eigenvalue weighted by atomic mass is 17.3. The van der Waals surface area contributed by atoms with Gasteiger partial charge in [0.1, 0.15) is 36.4 Å². The number of hydrogen-bond acceptors (Lipinski definition) is 15. The van der Waals surface area contributed by atoms with E-state index in [1.165, 1.54) is 54.6 Å². The molecule has 0 unspecified atom stereocenters. The van der Waals surface area contributed by atoms with Gasteiger partial charge in [-0.2, -0.15) is 47.4 Å². The molecule has 0 aliphatic carbocycles. The first kappa shape index (κ1) is 26.2. The normalized spacial score (nSPS) is 10.2. The van der Waals surface area contributed by atoms with E-state index in [1.54, 1.807) is 0 Å². The minimum absolute atomic E-state index is 0.821. The Bertz CT molecular complexity index is 858. The van der Waals surface area contributed by atoms with Gasteiger partial charge in [0.25, 0.3) is 16.8 Å². The third kappa shape index (κ3) is 7.29. The minimum Gasteiger partial charge on any atom is -0.227 e. The van der Waals surface area contributed by atoms with Crippen molar-refractivity contribution in [1.82, 2.24) is 0 Å². The summed E-state index contributed by atoms with van der Waals surface area (Å²) in [6.07, 6.45) is -2.46. The lowest BCUT2D eigenvalue weighted by molar-refractivity contribution is -0.381. The van der Waals surface area contributed by atoms with Crippen LogP contribution in [0.15, 0.2) is 0 Å². The van der Waals surface area contributed by atoms with E-state index in [9.17, 15) is 0 Å². The van der Waals surface area contributed by atoms with Crippen molar-refractivity contribution in [2.24, 2.45) is 0 Å². The number of nitriles is 9. The van der Waals surface area contributed by atoms with Crippen molar-refractivity contribution in [3.8, 4) is 54.6 Å². The second-order valence-electron chi connectivity index (χ2n) is 4.98. The molecule has 0 fully saturated rings. The van der Waals surface area contributed by atoms with Crippen LogP contribution in [0.1, 0.15) is 19.3 Å². The van der Waals surface area contributed by atoms with Crippen LogP contribution in [0.5, 0.6) is 0 Å². The second kappa shape index (κ2) is 12.6. The molecule has 0 bridgehead atoms. The first-order valence-corrected chi connectivity index (χ1v) is 7.45. The molecule has 0 spiro atoms. The van der Waals surface area contributed by atoms with Gasteiger partial charge in [0.15, 0.2) is 0 Å². The van der Waals surface area contributed by atoms with Crippen molar-refractivity contribution in [2.75, 3.05) is 0 Å². The van der Waals surface area contributed by atoms with Crippen molar-refractivity contribution >= 4 is 7.32 Å². The highest BCUT2D eigenvalue weighted by Gasteiger charge is 2.43. The summed E-state index contributed by atoms with van der Waals surface area (Å²) in [4.78, 5) is 26.9. The fourth-order valence-electron chi connectivity index (χ4n) is 1.26. The molecular weight excluding hydrogens is 413 g/mol. The highest BCUT2D eigenvalue weighted by Crippen LogP contribution is 2.20. The monoisotopic (exact) mass is 419 g/mol. The second-order valence-corrected chi connectivity index (χ2v) is 4.98. The summed E-state index contributed by atoms with van der Waals surface area (Å²) in [7, 11) is -2.46. The first-order chi connectivity index (χ1) is 14.8. The zero-order chi connectivity index (χ0) is 23.8. The fourth-order valence-corrected chi connectivity index (χ4v) is 1.26. The SMILES string of the molecule is N#CCC(C#N)(C#N)OOB(OOC(C#N)(C#N)CC#N)OOC(C#N)(C#N)CC#N. The van der Waals surface area contributed by atoms with E-state index >= 15 is 0 Å². The zero-order valence-corrected chi connectivity index (χ0v) is 15.2. The van der Waals surface area contributed by atoms with Crippen LogP contribution >= 0.6 is 0 Å². The summed E-state index contributed by atoms with van der Waals surface area (Å²) < 4.78 is 0. The van der Waals surface area contributed by atoms with E-state index in [0.717, 1.165) is 0 Å². The molecule has 15 nitrogen and oxygen atoms in total. The predicted molar refractivity (Wildman–Crippen MR) is 84.8 cm³/mol. The van der Waals surface area contributed by atoms with Gasteiger partial charge < -0.3 is 0 Å². The van der Waals surface area contributed by atoms with E-state index in [-0.39, 0.29) is 0 Å². The molecule has 150 valence electrons. The van der Waals surface area contributed by atoms with Crippen LogP contribution in [0.3, 0.4) is 0 Å². The van der Waals surface area contributed by atoms with E-state index in [2.05, 4.69) is 29.1 Å². The maximum absolute atomic E-state index is 9.01. The lowest BCUT2D eigenvalue weighted by Crippen LogP contribution is -2.41. The Kier molecular flexibility index (Phi) is 10.7. The molecule has 0 rings (SSSR count). The molecule has 0 amide bonds. The van der Waals surface area contributed by atoms with E-state index in [1.807, 2.05) is 0 Å². The number of rotatable bonds is 12.